The van der Waals surface area contributed by atoms with Gasteiger partial charge in [-0.1, -0.05) is 11.6 Å². The number of hydrogen-bond acceptors (Lipinski definition) is 6. The lowest BCUT2D eigenvalue weighted by Crippen LogP contribution is -2.34. The summed E-state index contributed by atoms with van der Waals surface area (Å²) in [6.45, 7) is 2.51. The fourth-order valence-electron chi connectivity index (χ4n) is 2.66. The largest absolute Gasteiger partial charge is 0.450 e. The predicted octanol–water partition coefficient (Wildman–Crippen LogP) is 1.55. The number of esters is 1. The number of rotatable bonds is 5. The molecule has 2 aromatic rings. The van der Waals surface area contributed by atoms with Gasteiger partial charge in [-0.05, 0) is 31.9 Å². The molecule has 0 unspecified atom stereocenters. The molecule has 1 N–H and O–H groups in total. The lowest BCUT2D eigenvalue weighted by molar-refractivity contribution is -0.124. The average Bonchev–Trinajstić information content (AvgIpc) is 3.12. The molecule has 1 aromatic heterocycles. The van der Waals surface area contributed by atoms with Crippen molar-refractivity contribution >= 4 is 22.8 Å². The highest BCUT2D eigenvalue weighted by Crippen LogP contribution is 2.15. The van der Waals surface area contributed by atoms with Crippen LogP contribution in [0.3, 0.4) is 0 Å². The van der Waals surface area contributed by atoms with Gasteiger partial charge in [0.2, 0.25) is 5.76 Å². The lowest BCUT2D eigenvalue weighted by Gasteiger charge is -2.10. The Balaban J connectivity index is 1.59. The van der Waals surface area contributed by atoms with Crippen molar-refractivity contribution in [2.75, 3.05) is 19.8 Å². The fraction of sp³-hybridized carbons (Fsp3) is 0.389. The first-order valence-electron chi connectivity index (χ1n) is 8.13. The molecule has 1 amide bonds. The molecular formula is C18H19NO6. The normalized spacial score (nSPS) is 16.8. The summed E-state index contributed by atoms with van der Waals surface area (Å²) < 4.78 is 15.7. The van der Waals surface area contributed by atoms with Crippen LogP contribution in [0, 0.1) is 6.92 Å². The first-order valence-corrected chi connectivity index (χ1v) is 8.13. The van der Waals surface area contributed by atoms with Crippen LogP contribution >= 0.6 is 0 Å². The van der Waals surface area contributed by atoms with E-state index in [9.17, 15) is 14.4 Å². The second-order valence-corrected chi connectivity index (χ2v) is 5.99. The minimum atomic E-state index is -0.855. The van der Waals surface area contributed by atoms with E-state index >= 15 is 0 Å². The quantitative estimate of drug-likeness (QED) is 0.826. The summed E-state index contributed by atoms with van der Waals surface area (Å²) in [7, 11) is 0. The minimum Gasteiger partial charge on any atom is -0.450 e. The standard InChI is InChI=1S/C18H19NO6/c1-11-4-5-15-13(7-11)14(20)8-16(25-15)18(22)24-10-17(21)19-9-12-3-2-6-23-12/h4-5,7-8,12H,2-3,6,9-10H2,1H3,(H,19,21)/t12-/m0/s1. The highest BCUT2D eigenvalue weighted by molar-refractivity contribution is 5.90. The molecule has 0 saturated carbocycles. The van der Waals surface area contributed by atoms with Gasteiger partial charge in [-0.15, -0.1) is 0 Å². The van der Waals surface area contributed by atoms with Gasteiger partial charge in [0, 0.05) is 19.2 Å². The molecule has 0 spiro atoms. The molecular weight excluding hydrogens is 326 g/mol. The molecule has 1 aliphatic heterocycles. The van der Waals surface area contributed by atoms with Crippen LogP contribution in [0.5, 0.6) is 0 Å². The zero-order valence-corrected chi connectivity index (χ0v) is 13.9. The Labute approximate surface area is 143 Å². The number of hydrogen-bond donors (Lipinski definition) is 1. The van der Waals surface area contributed by atoms with E-state index in [2.05, 4.69) is 5.32 Å². The van der Waals surface area contributed by atoms with Crippen molar-refractivity contribution in [2.24, 2.45) is 0 Å². The molecule has 7 heteroatoms. The highest BCUT2D eigenvalue weighted by atomic mass is 16.5. The topological polar surface area (TPSA) is 94.8 Å². The van der Waals surface area contributed by atoms with Crippen LogP contribution in [0.1, 0.15) is 29.0 Å². The average molecular weight is 345 g/mol. The zero-order valence-electron chi connectivity index (χ0n) is 13.9. The Morgan fingerprint density at radius 3 is 2.92 bits per heavy atom. The number of carbonyl (C=O) groups is 2. The molecule has 2 heterocycles. The summed E-state index contributed by atoms with van der Waals surface area (Å²) in [6.07, 6.45) is 1.90. The Morgan fingerprint density at radius 2 is 2.16 bits per heavy atom. The molecule has 132 valence electrons. The zero-order chi connectivity index (χ0) is 17.8. The Bertz CT molecular complexity index is 850. The van der Waals surface area contributed by atoms with Crippen LogP contribution in [0.15, 0.2) is 33.5 Å². The van der Waals surface area contributed by atoms with Crippen molar-refractivity contribution in [1.29, 1.82) is 0 Å². The van der Waals surface area contributed by atoms with Gasteiger partial charge in [0.25, 0.3) is 5.91 Å². The van der Waals surface area contributed by atoms with Crippen LogP contribution in [0.4, 0.5) is 0 Å². The molecule has 0 aliphatic carbocycles. The number of ether oxygens (including phenoxy) is 2. The van der Waals surface area contributed by atoms with Gasteiger partial charge < -0.3 is 19.2 Å². The van der Waals surface area contributed by atoms with Gasteiger partial charge in [0.15, 0.2) is 12.0 Å². The molecule has 1 fully saturated rings. The van der Waals surface area contributed by atoms with Crippen molar-refractivity contribution in [2.45, 2.75) is 25.9 Å². The number of aryl methyl sites for hydroxylation is 1. The first kappa shape index (κ1) is 17.2. The molecule has 1 atom stereocenters. The summed E-state index contributed by atoms with van der Waals surface area (Å²) in [4.78, 5) is 35.8. The summed E-state index contributed by atoms with van der Waals surface area (Å²) >= 11 is 0. The molecule has 25 heavy (non-hydrogen) atoms. The van der Waals surface area contributed by atoms with Crippen molar-refractivity contribution in [3.8, 4) is 0 Å². The molecule has 0 radical (unpaired) electrons. The predicted molar refractivity (Wildman–Crippen MR) is 89.5 cm³/mol. The molecule has 3 rings (SSSR count). The Kier molecular flexibility index (Phi) is 5.14. The van der Waals surface area contributed by atoms with Gasteiger partial charge in [0.05, 0.1) is 11.5 Å². The van der Waals surface area contributed by atoms with Crippen LogP contribution in [-0.2, 0) is 14.3 Å². The maximum Gasteiger partial charge on any atom is 0.374 e. The summed E-state index contributed by atoms with van der Waals surface area (Å²) in [5.41, 5.74) is 0.880. The van der Waals surface area contributed by atoms with Crippen molar-refractivity contribution in [3.63, 3.8) is 0 Å². The van der Waals surface area contributed by atoms with E-state index in [1.807, 2.05) is 6.92 Å². The number of benzene rings is 1. The molecule has 0 bridgehead atoms. The van der Waals surface area contributed by atoms with E-state index in [-0.39, 0.29) is 17.3 Å². The van der Waals surface area contributed by atoms with Gasteiger partial charge >= 0.3 is 5.97 Å². The summed E-state index contributed by atoms with van der Waals surface area (Å²) in [6, 6.07) is 6.17. The molecule has 1 aromatic carbocycles. The third-order valence-electron chi connectivity index (χ3n) is 3.97. The minimum absolute atomic E-state index is 0.0154. The van der Waals surface area contributed by atoms with Crippen molar-refractivity contribution in [3.05, 3.63) is 45.8 Å². The number of nitrogens with one attached hydrogen (secondary N) is 1. The third-order valence-corrected chi connectivity index (χ3v) is 3.97. The van der Waals surface area contributed by atoms with Gasteiger partial charge in [-0.2, -0.15) is 0 Å². The highest BCUT2D eigenvalue weighted by Gasteiger charge is 2.18. The van der Waals surface area contributed by atoms with Crippen molar-refractivity contribution in [1.82, 2.24) is 5.32 Å². The Hall–Kier alpha value is -2.67. The smallest absolute Gasteiger partial charge is 0.374 e. The third kappa shape index (κ3) is 4.24. The number of carbonyl (C=O) groups excluding carboxylic acids is 2. The lowest BCUT2D eigenvalue weighted by atomic mass is 10.1. The van der Waals surface area contributed by atoms with E-state index < -0.39 is 18.5 Å². The number of amides is 1. The second-order valence-electron chi connectivity index (χ2n) is 5.99. The maximum absolute atomic E-state index is 12.1. The van der Waals surface area contributed by atoms with E-state index in [1.165, 1.54) is 0 Å². The van der Waals surface area contributed by atoms with Crippen LogP contribution < -0.4 is 10.7 Å². The van der Waals surface area contributed by atoms with Gasteiger partial charge in [0.1, 0.15) is 5.58 Å². The van der Waals surface area contributed by atoms with E-state index in [1.54, 1.807) is 18.2 Å². The molecule has 7 nitrogen and oxygen atoms in total. The number of fused-ring (bicyclic) bond motifs is 1. The van der Waals surface area contributed by atoms with Crippen LogP contribution in [-0.4, -0.2) is 37.7 Å². The summed E-state index contributed by atoms with van der Waals surface area (Å²) in [5, 5.41) is 3.04. The first-order chi connectivity index (χ1) is 12.0. The Morgan fingerprint density at radius 1 is 1.32 bits per heavy atom. The van der Waals surface area contributed by atoms with Gasteiger partial charge in [-0.3, -0.25) is 9.59 Å². The van der Waals surface area contributed by atoms with Crippen LogP contribution in [0.2, 0.25) is 0 Å². The summed E-state index contributed by atoms with van der Waals surface area (Å²) in [5.74, 6) is -1.51. The molecule has 1 saturated heterocycles. The second kappa shape index (κ2) is 7.48. The SMILES string of the molecule is Cc1ccc2oc(C(=O)OCC(=O)NC[C@@H]3CCCO3)cc(=O)c2c1. The molecule has 1 aliphatic rings. The fourth-order valence-corrected chi connectivity index (χ4v) is 2.66. The van der Waals surface area contributed by atoms with Crippen molar-refractivity contribution < 1.29 is 23.5 Å². The van der Waals surface area contributed by atoms with E-state index in [4.69, 9.17) is 13.9 Å². The van der Waals surface area contributed by atoms with E-state index in [0.717, 1.165) is 24.5 Å². The monoisotopic (exact) mass is 345 g/mol. The van der Waals surface area contributed by atoms with E-state index in [0.29, 0.717) is 24.1 Å². The van der Waals surface area contributed by atoms with Gasteiger partial charge in [-0.25, -0.2) is 4.79 Å². The van der Waals surface area contributed by atoms with Crippen LogP contribution in [0.25, 0.3) is 11.0 Å². The maximum atomic E-state index is 12.1.